The fourth-order valence-corrected chi connectivity index (χ4v) is 3.86. The summed E-state index contributed by atoms with van der Waals surface area (Å²) in [4.78, 5) is 23.2. The second-order valence-corrected chi connectivity index (χ2v) is 7.45. The van der Waals surface area contributed by atoms with Gasteiger partial charge in [-0.05, 0) is 18.6 Å². The first kappa shape index (κ1) is 17.7. The highest BCUT2D eigenvalue weighted by molar-refractivity contribution is 7.91. The lowest BCUT2D eigenvalue weighted by atomic mass is 10.2. The van der Waals surface area contributed by atoms with Gasteiger partial charge in [-0.2, -0.15) is 5.26 Å². The van der Waals surface area contributed by atoms with E-state index in [0.29, 0.717) is 6.42 Å². The Morgan fingerprint density at radius 2 is 2.04 bits per heavy atom. The molecule has 0 spiro atoms. The first-order valence-corrected chi connectivity index (χ1v) is 8.99. The van der Waals surface area contributed by atoms with E-state index in [9.17, 15) is 18.0 Å². The van der Waals surface area contributed by atoms with Crippen molar-refractivity contribution in [3.8, 4) is 11.8 Å². The zero-order valence-electron chi connectivity index (χ0n) is 12.7. The summed E-state index contributed by atoms with van der Waals surface area (Å²) < 4.78 is 32.5. The van der Waals surface area contributed by atoms with Crippen molar-refractivity contribution in [1.82, 2.24) is 5.32 Å². The van der Waals surface area contributed by atoms with Crippen LogP contribution >= 0.6 is 0 Å². The van der Waals surface area contributed by atoms with E-state index in [-0.39, 0.29) is 22.8 Å². The Hall–Kier alpha value is -2.60. The van der Waals surface area contributed by atoms with E-state index in [0.717, 1.165) is 0 Å². The summed E-state index contributed by atoms with van der Waals surface area (Å²) >= 11 is 0. The summed E-state index contributed by atoms with van der Waals surface area (Å²) in [6.07, 6.45) is 0.357. The summed E-state index contributed by atoms with van der Waals surface area (Å²) in [7, 11) is -3.09. The van der Waals surface area contributed by atoms with Gasteiger partial charge in [0.15, 0.2) is 23.1 Å². The Balaban J connectivity index is 1.71. The number of nitriles is 1. The number of nitrogens with one attached hydrogen (secondary N) is 1. The number of benzene rings is 1. The van der Waals surface area contributed by atoms with Gasteiger partial charge < -0.3 is 14.8 Å². The third-order valence-corrected chi connectivity index (χ3v) is 5.08. The number of nitrogens with zero attached hydrogens (tertiary/aromatic N) is 1. The van der Waals surface area contributed by atoms with E-state index in [4.69, 9.17) is 14.7 Å². The first-order valence-electron chi connectivity index (χ1n) is 7.17. The molecule has 8 nitrogen and oxygen atoms in total. The highest BCUT2D eigenvalue weighted by atomic mass is 32.2. The van der Waals surface area contributed by atoms with Gasteiger partial charge >= 0.3 is 5.97 Å². The molecule has 1 fully saturated rings. The predicted molar refractivity (Wildman–Crippen MR) is 82.8 cm³/mol. The van der Waals surface area contributed by atoms with Crippen LogP contribution in [-0.2, 0) is 24.2 Å². The lowest BCUT2D eigenvalue weighted by Gasteiger charge is -2.11. The Kier molecular flexibility index (Phi) is 5.76. The van der Waals surface area contributed by atoms with Gasteiger partial charge in [0.05, 0.1) is 17.1 Å². The lowest BCUT2D eigenvalue weighted by molar-refractivity contribution is -0.150. The van der Waals surface area contributed by atoms with E-state index in [1.165, 1.54) is 0 Å². The van der Waals surface area contributed by atoms with Crippen molar-refractivity contribution >= 4 is 21.7 Å². The minimum absolute atomic E-state index is 0.0455. The molecule has 1 atom stereocenters. The van der Waals surface area contributed by atoms with Crippen LogP contribution in [0.5, 0.6) is 5.75 Å². The number of rotatable bonds is 6. The first-order chi connectivity index (χ1) is 11.4. The molecule has 2 rings (SSSR count). The van der Waals surface area contributed by atoms with Gasteiger partial charge in [0.2, 0.25) is 0 Å². The summed E-state index contributed by atoms with van der Waals surface area (Å²) in [6.45, 7) is -0.956. The van der Waals surface area contributed by atoms with Crippen LogP contribution < -0.4 is 10.1 Å². The van der Waals surface area contributed by atoms with Gasteiger partial charge in [-0.25, -0.2) is 13.2 Å². The van der Waals surface area contributed by atoms with E-state index in [1.807, 2.05) is 6.07 Å². The maximum Gasteiger partial charge on any atom is 0.344 e. The SMILES string of the molecule is N#Cc1ccccc1OCC(=O)OCC(=O)N[C@@H]1CCS(=O)(=O)C1. The van der Waals surface area contributed by atoms with Gasteiger partial charge in [0.1, 0.15) is 11.8 Å². The molecule has 1 aliphatic rings. The zero-order chi connectivity index (χ0) is 17.6. The molecule has 9 heteroatoms. The smallest absolute Gasteiger partial charge is 0.344 e. The number of hydrogen-bond donors (Lipinski definition) is 1. The molecule has 0 saturated carbocycles. The molecule has 1 N–H and O–H groups in total. The molecular weight excluding hydrogens is 336 g/mol. The van der Waals surface area contributed by atoms with Gasteiger partial charge in [-0.15, -0.1) is 0 Å². The van der Waals surface area contributed by atoms with Crippen LogP contribution in [0, 0.1) is 11.3 Å². The van der Waals surface area contributed by atoms with Crippen LogP contribution in [0.2, 0.25) is 0 Å². The van der Waals surface area contributed by atoms with Gasteiger partial charge in [0, 0.05) is 6.04 Å². The fourth-order valence-electron chi connectivity index (χ4n) is 2.19. The molecule has 1 saturated heterocycles. The highest BCUT2D eigenvalue weighted by Crippen LogP contribution is 2.16. The maximum absolute atomic E-state index is 11.6. The van der Waals surface area contributed by atoms with Crippen molar-refractivity contribution in [3.05, 3.63) is 29.8 Å². The van der Waals surface area contributed by atoms with Gasteiger partial charge in [-0.1, -0.05) is 12.1 Å². The number of sulfone groups is 1. The van der Waals surface area contributed by atoms with E-state index < -0.39 is 41.0 Å². The molecule has 0 aromatic heterocycles. The molecule has 1 heterocycles. The largest absolute Gasteiger partial charge is 0.481 e. The molecule has 1 aliphatic heterocycles. The van der Waals surface area contributed by atoms with E-state index in [2.05, 4.69) is 5.32 Å². The Bertz CT molecular complexity index is 768. The average Bonchev–Trinajstić information content (AvgIpc) is 2.89. The fraction of sp³-hybridized carbons (Fsp3) is 0.400. The number of esters is 1. The minimum atomic E-state index is -3.09. The van der Waals surface area contributed by atoms with Gasteiger partial charge in [0.25, 0.3) is 5.91 Å². The number of ether oxygens (including phenoxy) is 2. The topological polar surface area (TPSA) is 123 Å². The van der Waals surface area contributed by atoms with Crippen molar-refractivity contribution in [2.24, 2.45) is 0 Å². The molecular formula is C15H16N2O6S. The lowest BCUT2D eigenvalue weighted by Crippen LogP contribution is -2.38. The number of carbonyl (C=O) groups is 2. The third-order valence-electron chi connectivity index (χ3n) is 3.31. The van der Waals surface area contributed by atoms with Crippen molar-refractivity contribution in [2.75, 3.05) is 24.7 Å². The monoisotopic (exact) mass is 352 g/mol. The second kappa shape index (κ2) is 7.79. The molecule has 0 aliphatic carbocycles. The van der Waals surface area contributed by atoms with Crippen LogP contribution in [0.4, 0.5) is 0 Å². The summed E-state index contributed by atoms with van der Waals surface area (Å²) in [5, 5.41) is 11.4. The maximum atomic E-state index is 11.6. The third kappa shape index (κ3) is 5.24. The average molecular weight is 352 g/mol. The minimum Gasteiger partial charge on any atom is -0.481 e. The molecule has 1 aromatic rings. The number of carbonyl (C=O) groups excluding carboxylic acids is 2. The van der Waals surface area contributed by atoms with Crippen molar-refractivity contribution in [1.29, 1.82) is 5.26 Å². The van der Waals surface area contributed by atoms with Crippen LogP contribution in [0.25, 0.3) is 0 Å². The van der Waals surface area contributed by atoms with Crippen molar-refractivity contribution in [3.63, 3.8) is 0 Å². The molecule has 0 unspecified atom stereocenters. The van der Waals surface area contributed by atoms with E-state index in [1.54, 1.807) is 24.3 Å². The molecule has 0 bridgehead atoms. The van der Waals surface area contributed by atoms with Crippen LogP contribution in [-0.4, -0.2) is 51.1 Å². The predicted octanol–water partition coefficient (Wildman–Crippen LogP) is -0.216. The molecule has 1 aromatic carbocycles. The standard InChI is InChI=1S/C15H16N2O6S/c16-7-11-3-1-2-4-13(11)22-9-15(19)23-8-14(18)17-12-5-6-24(20,21)10-12/h1-4,12H,5-6,8-10H2,(H,17,18)/t12-/m1/s1. The van der Waals surface area contributed by atoms with Gasteiger partial charge in [-0.3, -0.25) is 4.79 Å². The Morgan fingerprint density at radius 1 is 1.29 bits per heavy atom. The molecule has 128 valence electrons. The highest BCUT2D eigenvalue weighted by Gasteiger charge is 2.29. The van der Waals surface area contributed by atoms with Crippen molar-refractivity contribution in [2.45, 2.75) is 12.5 Å². The molecule has 24 heavy (non-hydrogen) atoms. The number of para-hydroxylation sites is 1. The Labute approximate surface area is 139 Å². The Morgan fingerprint density at radius 3 is 2.71 bits per heavy atom. The normalized spacial score (nSPS) is 18.4. The quantitative estimate of drug-likeness (QED) is 0.702. The molecule has 0 radical (unpaired) electrons. The summed E-state index contributed by atoms with van der Waals surface area (Å²) in [5.74, 6) is -1.14. The second-order valence-electron chi connectivity index (χ2n) is 5.22. The van der Waals surface area contributed by atoms with Crippen molar-refractivity contribution < 1.29 is 27.5 Å². The van der Waals surface area contributed by atoms with E-state index >= 15 is 0 Å². The number of amides is 1. The molecule has 1 amide bonds. The van der Waals surface area contributed by atoms with Crippen LogP contribution in [0.3, 0.4) is 0 Å². The summed E-state index contributed by atoms with van der Waals surface area (Å²) in [5.41, 5.74) is 0.283. The van der Waals surface area contributed by atoms with Crippen LogP contribution in [0.15, 0.2) is 24.3 Å². The summed E-state index contributed by atoms with van der Waals surface area (Å²) in [6, 6.07) is 7.89. The number of hydrogen-bond acceptors (Lipinski definition) is 7. The van der Waals surface area contributed by atoms with Crippen LogP contribution in [0.1, 0.15) is 12.0 Å². The zero-order valence-corrected chi connectivity index (χ0v) is 13.5.